The number of hydrogen-bond donors (Lipinski definition) is 1. The summed E-state index contributed by atoms with van der Waals surface area (Å²) in [4.78, 5) is 22.9. The van der Waals surface area contributed by atoms with Gasteiger partial charge in [0.2, 0.25) is 0 Å². The molecule has 3 aromatic carbocycles. The molecule has 0 amide bonds. The number of halogens is 2. The van der Waals surface area contributed by atoms with Crippen molar-refractivity contribution >= 4 is 52.5 Å². The highest BCUT2D eigenvalue weighted by atomic mass is 35.5. The third-order valence-corrected chi connectivity index (χ3v) is 6.64. The molecule has 4 nitrogen and oxygen atoms in total. The summed E-state index contributed by atoms with van der Waals surface area (Å²) in [6, 6.07) is 19.2. The first kappa shape index (κ1) is 37.4. The zero-order valence-electron chi connectivity index (χ0n) is 24.9. The van der Waals surface area contributed by atoms with E-state index in [4.69, 9.17) is 40.2 Å². The van der Waals surface area contributed by atoms with Crippen molar-refractivity contribution in [2.24, 2.45) is 0 Å². The quantitative estimate of drug-likeness (QED) is 0.158. The average Bonchev–Trinajstić information content (AvgIpc) is 2.94. The average molecular weight is 605 g/mol. The van der Waals surface area contributed by atoms with Gasteiger partial charge >= 0.3 is 5.97 Å². The van der Waals surface area contributed by atoms with Crippen LogP contribution in [0.1, 0.15) is 71.8 Å². The second kappa shape index (κ2) is 21.2. The monoisotopic (exact) mass is 603 g/mol. The summed E-state index contributed by atoms with van der Waals surface area (Å²) in [5, 5.41) is 5.85. The van der Waals surface area contributed by atoms with E-state index in [1.807, 2.05) is 96.1 Å². The van der Waals surface area contributed by atoms with Gasteiger partial charge in [-0.2, -0.15) is 0 Å². The molecule has 0 saturated heterocycles. The lowest BCUT2D eigenvalue weighted by molar-refractivity contribution is -0.142. The van der Waals surface area contributed by atoms with Crippen LogP contribution in [-0.2, 0) is 16.0 Å². The van der Waals surface area contributed by atoms with Crippen molar-refractivity contribution in [2.45, 2.75) is 66.8 Å². The van der Waals surface area contributed by atoms with E-state index in [9.17, 15) is 9.59 Å². The van der Waals surface area contributed by atoms with Gasteiger partial charge in [-0.05, 0) is 69.5 Å². The number of Topliss-reactive ketones (excluding diaryl/α,β-unsaturated/α-hetero) is 1. The number of aryl methyl sites for hydroxylation is 3. The number of thiocarbonyl (C=S) groups is 1. The molecular weight excluding hydrogens is 561 g/mol. The summed E-state index contributed by atoms with van der Waals surface area (Å²) < 4.78 is 4.70. The molecule has 0 saturated carbocycles. The molecule has 218 valence electrons. The summed E-state index contributed by atoms with van der Waals surface area (Å²) in [5.41, 5.74) is 6.09. The number of carbonyl (C=O) groups is 2. The van der Waals surface area contributed by atoms with Crippen molar-refractivity contribution < 1.29 is 14.3 Å². The van der Waals surface area contributed by atoms with Crippen molar-refractivity contribution in [3.63, 3.8) is 0 Å². The maximum absolute atomic E-state index is 11.6. The zero-order chi connectivity index (χ0) is 30.7. The van der Waals surface area contributed by atoms with Crippen molar-refractivity contribution in [1.29, 1.82) is 0 Å². The minimum Gasteiger partial charge on any atom is -0.468 e. The van der Waals surface area contributed by atoms with Crippen LogP contribution >= 0.6 is 35.4 Å². The van der Waals surface area contributed by atoms with Crippen LogP contribution < -0.4 is 5.32 Å². The van der Waals surface area contributed by atoms with Crippen LogP contribution in [0, 0.1) is 20.8 Å². The Balaban J connectivity index is 0.000000562. The molecule has 0 spiro atoms. The first-order valence-electron chi connectivity index (χ1n) is 13.4. The Morgan fingerprint density at radius 3 is 1.90 bits per heavy atom. The fourth-order valence-corrected chi connectivity index (χ4v) is 4.52. The minimum absolute atomic E-state index is 0.144. The smallest absolute Gasteiger partial charge is 0.323 e. The molecule has 0 aliphatic heterocycles. The third-order valence-electron chi connectivity index (χ3n) is 5.76. The van der Waals surface area contributed by atoms with Gasteiger partial charge in [0.25, 0.3) is 0 Å². The molecule has 0 aliphatic rings. The number of ketones is 1. The highest BCUT2D eigenvalue weighted by Gasteiger charge is 2.16. The number of likely N-dealkylation sites (N-methyl/N-ethyl adjacent to an activating group) is 1. The van der Waals surface area contributed by atoms with E-state index in [-0.39, 0.29) is 17.8 Å². The fourth-order valence-electron chi connectivity index (χ4n) is 3.54. The number of ether oxygens (including phenoxy) is 1. The third kappa shape index (κ3) is 13.2. The number of hydrogen-bond acceptors (Lipinski definition) is 5. The molecule has 1 atom stereocenters. The van der Waals surface area contributed by atoms with Gasteiger partial charge in [-0.3, -0.25) is 9.59 Å². The molecule has 1 N–H and O–H groups in total. The summed E-state index contributed by atoms with van der Waals surface area (Å²) in [6.45, 7) is 11.9. The molecule has 0 aromatic heterocycles. The van der Waals surface area contributed by atoms with Crippen LogP contribution in [0.15, 0.2) is 60.7 Å². The first-order chi connectivity index (χ1) is 19.1. The largest absolute Gasteiger partial charge is 0.468 e. The lowest BCUT2D eigenvalue weighted by Gasteiger charge is -2.13. The standard InChI is InChI=1S/C12H17NO2.C11H13ClO.C8H7ClS.C2H6/c1-9-4-6-10(7-5-9)8-11(13-2)12(14)15-3;1-3-5-10(13)11-8(2)6-4-7-9(11)12;1-6-3-2-4-8(9)7(6)5-10;1-2/h4-7,11,13H,8H2,1-3H3;4,6-7H,3,5H2,1-2H3;2-5H,1H3;1-2H3. The van der Waals surface area contributed by atoms with Crippen molar-refractivity contribution in [1.82, 2.24) is 5.32 Å². The van der Waals surface area contributed by atoms with Gasteiger partial charge in [-0.1, -0.05) is 110 Å². The molecule has 0 heterocycles. The highest BCUT2D eigenvalue weighted by Crippen LogP contribution is 2.21. The van der Waals surface area contributed by atoms with Gasteiger partial charge in [0, 0.05) is 27.9 Å². The summed E-state index contributed by atoms with van der Waals surface area (Å²) >= 11 is 16.6. The fraction of sp³-hybridized carbons (Fsp3) is 0.364. The van der Waals surface area contributed by atoms with E-state index in [2.05, 4.69) is 5.32 Å². The maximum atomic E-state index is 11.6. The summed E-state index contributed by atoms with van der Waals surface area (Å²) in [5.74, 6) is -0.0799. The number of rotatable bonds is 8. The molecule has 0 bridgehead atoms. The molecule has 0 aliphatic carbocycles. The topological polar surface area (TPSA) is 55.4 Å². The van der Waals surface area contributed by atoms with Gasteiger partial charge in [0.1, 0.15) is 6.04 Å². The van der Waals surface area contributed by atoms with Crippen LogP contribution in [0.5, 0.6) is 0 Å². The number of carbonyl (C=O) groups excluding carboxylic acids is 2. The Kier molecular flexibility index (Phi) is 19.9. The number of methoxy groups -OCH3 is 1. The lowest BCUT2D eigenvalue weighted by Crippen LogP contribution is -2.36. The molecular formula is C33H43Cl2NO3S. The number of esters is 1. The van der Waals surface area contributed by atoms with Crippen LogP contribution in [0.4, 0.5) is 0 Å². The van der Waals surface area contributed by atoms with Crippen LogP contribution in [-0.4, -0.2) is 37.3 Å². The molecule has 40 heavy (non-hydrogen) atoms. The van der Waals surface area contributed by atoms with Crippen LogP contribution in [0.3, 0.4) is 0 Å². The van der Waals surface area contributed by atoms with Gasteiger partial charge in [0.15, 0.2) is 5.78 Å². The van der Waals surface area contributed by atoms with Gasteiger partial charge in [-0.25, -0.2) is 0 Å². The van der Waals surface area contributed by atoms with E-state index in [0.717, 1.165) is 33.7 Å². The van der Waals surface area contributed by atoms with E-state index in [0.29, 0.717) is 23.4 Å². The van der Waals surface area contributed by atoms with E-state index in [1.165, 1.54) is 12.7 Å². The summed E-state index contributed by atoms with van der Waals surface area (Å²) in [6.07, 6.45) is 2.09. The molecule has 3 rings (SSSR count). The Morgan fingerprint density at radius 1 is 0.925 bits per heavy atom. The summed E-state index contributed by atoms with van der Waals surface area (Å²) in [7, 11) is 3.16. The minimum atomic E-state index is -0.266. The lowest BCUT2D eigenvalue weighted by atomic mass is 10.0. The van der Waals surface area contributed by atoms with Crippen molar-refractivity contribution in [3.05, 3.63) is 104 Å². The molecule has 1 unspecified atom stereocenters. The predicted octanol–water partition coefficient (Wildman–Crippen LogP) is 8.95. The number of nitrogens with one attached hydrogen (secondary N) is 1. The first-order valence-corrected chi connectivity index (χ1v) is 14.6. The van der Waals surface area contributed by atoms with Crippen molar-refractivity contribution in [2.75, 3.05) is 14.2 Å². The second-order valence-electron chi connectivity index (χ2n) is 8.75. The second-order valence-corrected chi connectivity index (χ2v) is 9.80. The highest BCUT2D eigenvalue weighted by molar-refractivity contribution is 7.79. The Morgan fingerprint density at radius 2 is 1.48 bits per heavy atom. The SMILES string of the molecule is CC.CCCC(=O)c1c(C)cccc1Cl.CNC(Cc1ccc(C)cc1)C(=O)OC.Cc1cccc(Cl)c1C=S. The van der Waals surface area contributed by atoms with Crippen LogP contribution in [0.2, 0.25) is 10.0 Å². The Labute approximate surface area is 256 Å². The zero-order valence-corrected chi connectivity index (χ0v) is 27.3. The van der Waals surface area contributed by atoms with Gasteiger partial charge < -0.3 is 10.1 Å². The normalized spacial score (nSPS) is 10.3. The molecule has 0 radical (unpaired) electrons. The molecule has 0 fully saturated rings. The van der Waals surface area contributed by atoms with Crippen LogP contribution in [0.25, 0.3) is 0 Å². The molecule has 7 heteroatoms. The van der Waals surface area contributed by atoms with Gasteiger partial charge in [-0.15, -0.1) is 0 Å². The van der Waals surface area contributed by atoms with Gasteiger partial charge in [0.05, 0.1) is 12.1 Å². The van der Waals surface area contributed by atoms with E-state index < -0.39 is 0 Å². The van der Waals surface area contributed by atoms with Crippen molar-refractivity contribution in [3.8, 4) is 0 Å². The maximum Gasteiger partial charge on any atom is 0.323 e. The molecule has 3 aromatic rings. The van der Waals surface area contributed by atoms with E-state index in [1.54, 1.807) is 18.5 Å². The number of benzene rings is 3. The Hall–Kier alpha value is -2.57. The Bertz CT molecular complexity index is 1160. The predicted molar refractivity (Wildman–Crippen MR) is 175 cm³/mol. The van der Waals surface area contributed by atoms with E-state index >= 15 is 0 Å².